The van der Waals surface area contributed by atoms with Gasteiger partial charge in [-0.05, 0) is 0 Å². The molecular weight excluding hydrogens is 234 g/mol. The predicted octanol–water partition coefficient (Wildman–Crippen LogP) is 1.75. The molecule has 0 radical (unpaired) electrons. The van der Waals surface area contributed by atoms with Crippen molar-refractivity contribution in [2.45, 2.75) is 13.0 Å². The van der Waals surface area contributed by atoms with Crippen molar-refractivity contribution in [2.75, 3.05) is 7.11 Å². The Labute approximate surface area is 86.8 Å². The maximum Gasteiger partial charge on any atom is 0.574 e. The van der Waals surface area contributed by atoms with Crippen LogP contribution in [0.15, 0.2) is 10.9 Å². The van der Waals surface area contributed by atoms with Crippen LogP contribution in [-0.4, -0.2) is 18.5 Å². The molecular formula is C8H7F4NO3. The molecule has 0 bridgehead atoms. The minimum Gasteiger partial charge on any atom is -0.491 e. The predicted molar refractivity (Wildman–Crippen MR) is 45.1 cm³/mol. The van der Waals surface area contributed by atoms with Crippen LogP contribution in [0.3, 0.4) is 0 Å². The lowest BCUT2D eigenvalue weighted by Crippen LogP contribution is -2.21. The SMILES string of the molecule is COc1c(CF)cc(=O)[nH]c1OC(F)(F)F. The van der Waals surface area contributed by atoms with Crippen LogP contribution in [0.2, 0.25) is 0 Å². The number of alkyl halides is 4. The largest absolute Gasteiger partial charge is 0.574 e. The molecule has 0 unspecified atom stereocenters. The Balaban J connectivity index is 3.26. The molecule has 1 aromatic heterocycles. The fourth-order valence-electron chi connectivity index (χ4n) is 1.09. The van der Waals surface area contributed by atoms with Gasteiger partial charge in [-0.3, -0.25) is 9.78 Å². The molecule has 1 aromatic rings. The number of H-pyrrole nitrogens is 1. The van der Waals surface area contributed by atoms with Crippen molar-refractivity contribution in [3.05, 3.63) is 22.0 Å². The lowest BCUT2D eigenvalue weighted by Gasteiger charge is -2.13. The normalized spacial score (nSPS) is 11.3. The van der Waals surface area contributed by atoms with Crippen molar-refractivity contribution in [1.82, 2.24) is 4.98 Å². The standard InChI is InChI=1S/C8H7F4NO3/c1-15-6-4(3-9)2-5(14)13-7(6)16-8(10,11)12/h2H,3H2,1H3,(H,13,14). The van der Waals surface area contributed by atoms with E-state index in [1.165, 1.54) is 0 Å². The highest BCUT2D eigenvalue weighted by Gasteiger charge is 2.33. The van der Waals surface area contributed by atoms with Crippen molar-refractivity contribution in [3.63, 3.8) is 0 Å². The molecule has 0 spiro atoms. The minimum absolute atomic E-state index is 0.314. The number of hydrogen-bond donors (Lipinski definition) is 1. The number of aromatic amines is 1. The molecule has 0 aromatic carbocycles. The molecule has 8 heteroatoms. The van der Waals surface area contributed by atoms with Crippen molar-refractivity contribution in [3.8, 4) is 11.6 Å². The second kappa shape index (κ2) is 4.42. The van der Waals surface area contributed by atoms with Gasteiger partial charge in [-0.2, -0.15) is 0 Å². The van der Waals surface area contributed by atoms with Crippen molar-refractivity contribution >= 4 is 0 Å². The maximum absolute atomic E-state index is 12.4. The van der Waals surface area contributed by atoms with Crippen molar-refractivity contribution in [1.29, 1.82) is 0 Å². The van der Waals surface area contributed by atoms with Gasteiger partial charge in [0.1, 0.15) is 6.67 Å². The van der Waals surface area contributed by atoms with Gasteiger partial charge in [-0.25, -0.2) is 4.39 Å². The van der Waals surface area contributed by atoms with E-state index in [4.69, 9.17) is 0 Å². The molecule has 1 rings (SSSR count). The number of aromatic nitrogens is 1. The summed E-state index contributed by atoms with van der Waals surface area (Å²) in [6, 6.07) is 0.794. The topological polar surface area (TPSA) is 51.3 Å². The first-order valence-corrected chi connectivity index (χ1v) is 3.99. The first kappa shape index (κ1) is 12.3. The Morgan fingerprint density at radius 1 is 1.44 bits per heavy atom. The number of methoxy groups -OCH3 is 1. The lowest BCUT2D eigenvalue weighted by molar-refractivity contribution is -0.276. The van der Waals surface area contributed by atoms with Crippen LogP contribution in [0.5, 0.6) is 11.6 Å². The molecule has 1 heterocycles. The summed E-state index contributed by atoms with van der Waals surface area (Å²) in [6.45, 7) is -1.14. The zero-order valence-corrected chi connectivity index (χ0v) is 8.02. The van der Waals surface area contributed by atoms with Gasteiger partial charge in [-0.15, -0.1) is 13.2 Å². The van der Waals surface area contributed by atoms with E-state index in [0.717, 1.165) is 13.2 Å². The Morgan fingerprint density at radius 2 is 2.06 bits per heavy atom. The zero-order chi connectivity index (χ0) is 12.3. The summed E-state index contributed by atoms with van der Waals surface area (Å²) in [4.78, 5) is 12.7. The highest BCUT2D eigenvalue weighted by molar-refractivity contribution is 5.41. The molecule has 0 atom stereocenters. The highest BCUT2D eigenvalue weighted by atomic mass is 19.4. The lowest BCUT2D eigenvalue weighted by atomic mass is 10.2. The molecule has 16 heavy (non-hydrogen) atoms. The summed E-state index contributed by atoms with van der Waals surface area (Å²) in [6.07, 6.45) is -4.99. The van der Waals surface area contributed by atoms with Crippen LogP contribution in [0, 0.1) is 0 Å². The van der Waals surface area contributed by atoms with Gasteiger partial charge >= 0.3 is 6.36 Å². The van der Waals surface area contributed by atoms with Crippen LogP contribution >= 0.6 is 0 Å². The Bertz CT molecular complexity index is 426. The second-order valence-corrected chi connectivity index (χ2v) is 2.70. The average molecular weight is 241 g/mol. The van der Waals surface area contributed by atoms with Gasteiger partial charge < -0.3 is 9.47 Å². The van der Waals surface area contributed by atoms with Crippen LogP contribution in [0.25, 0.3) is 0 Å². The second-order valence-electron chi connectivity index (χ2n) is 2.70. The molecule has 0 fully saturated rings. The van der Waals surface area contributed by atoms with Crippen LogP contribution in [-0.2, 0) is 6.67 Å². The monoisotopic (exact) mass is 241 g/mol. The van der Waals surface area contributed by atoms with Gasteiger partial charge in [0.15, 0.2) is 5.75 Å². The summed E-state index contributed by atoms with van der Waals surface area (Å²) in [5.41, 5.74) is -1.22. The Morgan fingerprint density at radius 3 is 2.50 bits per heavy atom. The Hall–Kier alpha value is -1.73. The summed E-state index contributed by atoms with van der Waals surface area (Å²) in [7, 11) is 1.04. The average Bonchev–Trinajstić information content (AvgIpc) is 2.14. The van der Waals surface area contributed by atoms with Gasteiger partial charge in [0, 0.05) is 11.6 Å². The fraction of sp³-hybridized carbons (Fsp3) is 0.375. The van der Waals surface area contributed by atoms with Crippen LogP contribution < -0.4 is 15.0 Å². The Kier molecular flexibility index (Phi) is 3.41. The first-order chi connectivity index (χ1) is 7.37. The molecule has 0 saturated heterocycles. The first-order valence-electron chi connectivity index (χ1n) is 3.99. The fourth-order valence-corrected chi connectivity index (χ4v) is 1.09. The van der Waals surface area contributed by atoms with E-state index in [0.29, 0.717) is 0 Å². The number of rotatable bonds is 3. The third-order valence-electron chi connectivity index (χ3n) is 1.61. The minimum atomic E-state index is -4.99. The van der Waals surface area contributed by atoms with E-state index >= 15 is 0 Å². The maximum atomic E-state index is 12.4. The molecule has 90 valence electrons. The number of hydrogen-bond acceptors (Lipinski definition) is 3. The highest BCUT2D eigenvalue weighted by Crippen LogP contribution is 2.31. The molecule has 0 amide bonds. The van der Waals surface area contributed by atoms with Crippen LogP contribution in [0.4, 0.5) is 17.6 Å². The van der Waals surface area contributed by atoms with E-state index in [1.54, 1.807) is 4.98 Å². The molecule has 0 saturated carbocycles. The molecule has 0 aliphatic rings. The quantitative estimate of drug-likeness (QED) is 0.820. The summed E-state index contributed by atoms with van der Waals surface area (Å²) in [5, 5.41) is 0. The molecule has 0 aliphatic carbocycles. The van der Waals surface area contributed by atoms with E-state index < -0.39 is 30.2 Å². The van der Waals surface area contributed by atoms with Crippen LogP contribution in [0.1, 0.15) is 5.56 Å². The summed E-state index contributed by atoms with van der Waals surface area (Å²) >= 11 is 0. The number of pyridine rings is 1. The van der Waals surface area contributed by atoms with Gasteiger partial charge in [0.05, 0.1) is 7.11 Å². The van der Waals surface area contributed by atoms with Crippen molar-refractivity contribution in [2.24, 2.45) is 0 Å². The van der Waals surface area contributed by atoms with Gasteiger partial charge in [0.2, 0.25) is 5.88 Å². The van der Waals surface area contributed by atoms with Gasteiger partial charge in [0.25, 0.3) is 5.56 Å². The van der Waals surface area contributed by atoms with E-state index in [2.05, 4.69) is 9.47 Å². The zero-order valence-electron chi connectivity index (χ0n) is 8.02. The van der Waals surface area contributed by atoms with Crippen molar-refractivity contribution < 1.29 is 27.0 Å². The van der Waals surface area contributed by atoms with E-state index in [-0.39, 0.29) is 5.56 Å². The van der Waals surface area contributed by atoms with Gasteiger partial charge in [-0.1, -0.05) is 0 Å². The smallest absolute Gasteiger partial charge is 0.491 e. The summed E-state index contributed by atoms with van der Waals surface area (Å²) in [5.74, 6) is -1.45. The van der Waals surface area contributed by atoms with E-state index in [9.17, 15) is 22.4 Å². The third-order valence-corrected chi connectivity index (χ3v) is 1.61. The summed E-state index contributed by atoms with van der Waals surface area (Å²) < 4.78 is 56.2. The van der Waals surface area contributed by atoms with E-state index in [1.807, 2.05) is 0 Å². The number of ether oxygens (including phenoxy) is 2. The molecule has 1 N–H and O–H groups in total. The molecule has 4 nitrogen and oxygen atoms in total. The number of halogens is 4. The third kappa shape index (κ3) is 2.88. The molecule has 0 aliphatic heterocycles. The number of nitrogens with one attached hydrogen (secondary N) is 1.